The average Bonchev–Trinajstić information content (AvgIpc) is 2.48. The molecule has 0 unspecified atom stereocenters. The summed E-state index contributed by atoms with van der Waals surface area (Å²) >= 11 is 1.60. The Bertz CT molecular complexity index is 393. The normalized spacial score (nSPS) is 17.1. The molecule has 0 aromatic carbocycles. The highest BCUT2D eigenvalue weighted by Crippen LogP contribution is 2.37. The summed E-state index contributed by atoms with van der Waals surface area (Å²) in [5, 5.41) is 12.1. The molecule has 1 heterocycles. The van der Waals surface area contributed by atoms with E-state index in [1.54, 1.807) is 25.2 Å². The van der Waals surface area contributed by atoms with Gasteiger partial charge in [0.1, 0.15) is 0 Å². The number of thiazole rings is 1. The smallest absolute Gasteiger partial charge is 0.309 e. The maximum atomic E-state index is 11.0. The van der Waals surface area contributed by atoms with Crippen molar-refractivity contribution in [3.8, 4) is 0 Å². The number of carbonyl (C=O) groups is 1. The summed E-state index contributed by atoms with van der Waals surface area (Å²) < 4.78 is 0. The minimum absolute atomic E-state index is 0.528. The number of aliphatic carboxylic acids is 1. The number of hydrogen-bond acceptors (Lipinski definition) is 3. The number of nitrogens with zero attached hydrogens (tertiary/aromatic N) is 1. The summed E-state index contributed by atoms with van der Waals surface area (Å²) in [5.41, 5.74) is 0.460. The second kappa shape index (κ2) is 4.17. The van der Waals surface area contributed by atoms with Crippen molar-refractivity contribution in [2.75, 3.05) is 0 Å². The molecule has 0 atom stereocenters. The Balaban J connectivity index is 2.04. The van der Waals surface area contributed by atoms with Crippen molar-refractivity contribution in [2.24, 2.45) is 5.41 Å². The van der Waals surface area contributed by atoms with Crippen molar-refractivity contribution in [2.45, 2.75) is 45.4 Å². The first-order valence-corrected chi connectivity index (χ1v) is 6.55. The van der Waals surface area contributed by atoms with Gasteiger partial charge in [-0.25, -0.2) is 4.98 Å². The van der Waals surface area contributed by atoms with Crippen LogP contribution in [0.4, 0.5) is 0 Å². The van der Waals surface area contributed by atoms with Gasteiger partial charge in [-0.05, 0) is 26.7 Å². The molecule has 1 aliphatic carbocycles. The summed E-state index contributed by atoms with van der Waals surface area (Å²) in [6.07, 6.45) is 4.31. The zero-order valence-corrected chi connectivity index (χ0v) is 10.5. The average molecular weight is 239 g/mol. The second-order valence-corrected chi connectivity index (χ2v) is 6.10. The molecule has 0 radical (unpaired) electrons. The molecule has 16 heavy (non-hydrogen) atoms. The molecule has 2 rings (SSSR count). The van der Waals surface area contributed by atoms with E-state index >= 15 is 0 Å². The highest BCUT2D eigenvalue weighted by molar-refractivity contribution is 7.09. The van der Waals surface area contributed by atoms with Crippen molar-refractivity contribution in [3.05, 3.63) is 16.1 Å². The zero-order chi connectivity index (χ0) is 11.8. The summed E-state index contributed by atoms with van der Waals surface area (Å²) in [6.45, 7) is 3.50. The molecule has 4 heteroatoms. The molecule has 1 fully saturated rings. The topological polar surface area (TPSA) is 50.2 Å². The monoisotopic (exact) mass is 239 g/mol. The third-order valence-electron chi connectivity index (χ3n) is 3.27. The van der Waals surface area contributed by atoms with Crippen LogP contribution < -0.4 is 0 Å². The van der Waals surface area contributed by atoms with E-state index in [0.29, 0.717) is 12.3 Å². The van der Waals surface area contributed by atoms with Crippen molar-refractivity contribution in [3.63, 3.8) is 0 Å². The lowest BCUT2D eigenvalue weighted by Crippen LogP contribution is -2.26. The van der Waals surface area contributed by atoms with E-state index < -0.39 is 11.4 Å². The molecule has 1 aromatic heterocycles. The molecule has 3 nitrogen and oxygen atoms in total. The largest absolute Gasteiger partial charge is 0.481 e. The SMILES string of the molecule is CC(C)(Cc1nc(C2CCC2)cs1)C(=O)O. The number of aromatic nitrogens is 1. The van der Waals surface area contributed by atoms with Crippen molar-refractivity contribution >= 4 is 17.3 Å². The van der Waals surface area contributed by atoms with Gasteiger partial charge in [0.25, 0.3) is 0 Å². The molecule has 88 valence electrons. The molecule has 0 amide bonds. The predicted octanol–water partition coefficient (Wildman–Crippen LogP) is 3.06. The van der Waals surface area contributed by atoms with Gasteiger partial charge in [0.2, 0.25) is 0 Å². The van der Waals surface area contributed by atoms with Gasteiger partial charge in [0.15, 0.2) is 0 Å². The van der Waals surface area contributed by atoms with Crippen LogP contribution in [0, 0.1) is 5.41 Å². The third kappa shape index (κ3) is 2.26. The van der Waals surface area contributed by atoms with Crippen LogP contribution in [0.3, 0.4) is 0 Å². The maximum absolute atomic E-state index is 11.0. The van der Waals surface area contributed by atoms with Gasteiger partial charge in [-0.2, -0.15) is 0 Å². The van der Waals surface area contributed by atoms with E-state index in [-0.39, 0.29) is 0 Å². The van der Waals surface area contributed by atoms with Gasteiger partial charge in [-0.3, -0.25) is 4.79 Å². The molecular formula is C12H17NO2S. The minimum atomic E-state index is -0.757. The highest BCUT2D eigenvalue weighted by Gasteiger charge is 2.29. The van der Waals surface area contributed by atoms with E-state index in [1.807, 2.05) is 0 Å². The number of carboxylic acids is 1. The van der Waals surface area contributed by atoms with Crippen LogP contribution in [-0.4, -0.2) is 16.1 Å². The first-order valence-electron chi connectivity index (χ1n) is 5.67. The Hall–Kier alpha value is -0.900. The molecular weight excluding hydrogens is 222 g/mol. The molecule has 1 aromatic rings. The third-order valence-corrected chi connectivity index (χ3v) is 4.13. The first-order chi connectivity index (χ1) is 7.49. The highest BCUT2D eigenvalue weighted by atomic mass is 32.1. The Morgan fingerprint density at radius 1 is 1.62 bits per heavy atom. The predicted molar refractivity (Wildman–Crippen MR) is 63.8 cm³/mol. The van der Waals surface area contributed by atoms with Gasteiger partial charge in [0.05, 0.1) is 16.1 Å². The minimum Gasteiger partial charge on any atom is -0.481 e. The van der Waals surface area contributed by atoms with Gasteiger partial charge in [-0.15, -0.1) is 11.3 Å². The lowest BCUT2D eigenvalue weighted by atomic mass is 9.83. The van der Waals surface area contributed by atoms with E-state index in [1.165, 1.54) is 25.0 Å². The van der Waals surface area contributed by atoms with Crippen molar-refractivity contribution in [1.29, 1.82) is 0 Å². The summed E-state index contributed by atoms with van der Waals surface area (Å²) in [6, 6.07) is 0. The van der Waals surface area contributed by atoms with E-state index in [9.17, 15) is 4.79 Å². The molecule has 1 N–H and O–H groups in total. The van der Waals surface area contributed by atoms with Crippen LogP contribution in [-0.2, 0) is 11.2 Å². The van der Waals surface area contributed by atoms with E-state index in [0.717, 1.165) is 5.01 Å². The van der Waals surface area contributed by atoms with Crippen LogP contribution >= 0.6 is 11.3 Å². The quantitative estimate of drug-likeness (QED) is 0.878. The van der Waals surface area contributed by atoms with Gasteiger partial charge < -0.3 is 5.11 Å². The Morgan fingerprint density at radius 2 is 2.31 bits per heavy atom. The number of rotatable bonds is 4. The van der Waals surface area contributed by atoms with Crippen LogP contribution in [0.1, 0.15) is 49.7 Å². The van der Waals surface area contributed by atoms with E-state index in [4.69, 9.17) is 5.11 Å². The zero-order valence-electron chi connectivity index (χ0n) is 9.69. The van der Waals surface area contributed by atoms with Crippen molar-refractivity contribution in [1.82, 2.24) is 4.98 Å². The summed E-state index contributed by atoms with van der Waals surface area (Å²) in [5.74, 6) is -0.120. The first kappa shape index (κ1) is 11.6. The van der Waals surface area contributed by atoms with Crippen LogP contribution in [0.15, 0.2) is 5.38 Å². The Kier molecular flexibility index (Phi) is 3.02. The standard InChI is InChI=1S/C12H17NO2S/c1-12(2,11(14)15)6-10-13-9(7-16-10)8-4-3-5-8/h7-8H,3-6H2,1-2H3,(H,14,15). The summed E-state index contributed by atoms with van der Waals surface area (Å²) in [7, 11) is 0. The Morgan fingerprint density at radius 3 is 2.81 bits per heavy atom. The maximum Gasteiger partial charge on any atom is 0.309 e. The molecule has 0 saturated heterocycles. The van der Waals surface area contributed by atoms with Gasteiger partial charge in [0, 0.05) is 17.7 Å². The summed E-state index contributed by atoms with van der Waals surface area (Å²) in [4.78, 5) is 15.6. The fourth-order valence-corrected chi connectivity index (χ4v) is 2.86. The van der Waals surface area contributed by atoms with Gasteiger partial charge >= 0.3 is 5.97 Å². The Labute approximate surface area is 99.5 Å². The van der Waals surface area contributed by atoms with Crippen LogP contribution in [0.2, 0.25) is 0 Å². The number of carboxylic acid groups (broad SMARTS) is 1. The van der Waals surface area contributed by atoms with Crippen LogP contribution in [0.5, 0.6) is 0 Å². The van der Waals surface area contributed by atoms with Gasteiger partial charge in [-0.1, -0.05) is 6.42 Å². The van der Waals surface area contributed by atoms with Crippen LogP contribution in [0.25, 0.3) is 0 Å². The fraction of sp³-hybridized carbons (Fsp3) is 0.667. The molecule has 0 aliphatic heterocycles. The van der Waals surface area contributed by atoms with Crippen molar-refractivity contribution < 1.29 is 9.90 Å². The molecule has 1 aliphatic rings. The fourth-order valence-electron chi connectivity index (χ4n) is 1.75. The molecule has 0 spiro atoms. The lowest BCUT2D eigenvalue weighted by molar-refractivity contribution is -0.146. The number of hydrogen-bond donors (Lipinski definition) is 1. The second-order valence-electron chi connectivity index (χ2n) is 5.16. The van der Waals surface area contributed by atoms with E-state index in [2.05, 4.69) is 10.4 Å². The molecule has 1 saturated carbocycles. The molecule has 0 bridgehead atoms. The lowest BCUT2D eigenvalue weighted by Gasteiger charge is -2.23.